The molecule has 1 aliphatic rings. The van der Waals surface area contributed by atoms with Crippen LogP contribution in [0.2, 0.25) is 0 Å². The van der Waals surface area contributed by atoms with Crippen LogP contribution in [-0.2, 0) is 27.2 Å². The molecule has 0 saturated heterocycles. The van der Waals surface area contributed by atoms with E-state index in [1.54, 1.807) is 54.6 Å². The highest BCUT2D eigenvalue weighted by Crippen LogP contribution is 2.43. The van der Waals surface area contributed by atoms with Gasteiger partial charge >= 0.3 is 5.97 Å². The molecule has 0 aliphatic heterocycles. The van der Waals surface area contributed by atoms with Crippen molar-refractivity contribution in [2.75, 3.05) is 17.7 Å². The second-order valence-electron chi connectivity index (χ2n) is 12.7. The molecule has 55 heavy (non-hydrogen) atoms. The Morgan fingerprint density at radius 3 is 2.36 bits per heavy atom. The number of carbonyl (C=O) groups excluding carboxylic acids is 4. The molecule has 280 valence electrons. The molecule has 1 aliphatic carbocycles. The van der Waals surface area contributed by atoms with Crippen molar-refractivity contribution >= 4 is 69.2 Å². The smallest absolute Gasteiger partial charge is 0.341 e. The number of thioether (sulfide) groups is 1. The predicted octanol–water partition coefficient (Wildman–Crippen LogP) is 8.63. The zero-order chi connectivity index (χ0) is 38.9. The molecule has 6 rings (SSSR count). The van der Waals surface area contributed by atoms with Crippen LogP contribution in [0.15, 0.2) is 120 Å². The quantitative estimate of drug-likeness (QED) is 0.0353. The number of benzene rings is 4. The molecule has 0 spiro atoms. The number of nitro benzene ring substituents is 1. The number of amides is 3. The number of rotatable bonds is 13. The van der Waals surface area contributed by atoms with Gasteiger partial charge in [0.25, 0.3) is 17.5 Å². The molecule has 0 saturated carbocycles. The molecule has 0 radical (unpaired) electrons. The Balaban J connectivity index is 1.19. The summed E-state index contributed by atoms with van der Waals surface area (Å²) < 4.78 is 5.15. The fourth-order valence-corrected chi connectivity index (χ4v) is 8.73. The van der Waals surface area contributed by atoms with Gasteiger partial charge in [0.15, 0.2) is 0 Å². The van der Waals surface area contributed by atoms with Gasteiger partial charge in [0.05, 0.1) is 28.4 Å². The van der Waals surface area contributed by atoms with Gasteiger partial charge in [0.1, 0.15) is 10.7 Å². The van der Waals surface area contributed by atoms with Crippen LogP contribution in [0.4, 0.5) is 16.4 Å². The third kappa shape index (κ3) is 9.37. The molecule has 0 fully saturated rings. The highest BCUT2D eigenvalue weighted by atomic mass is 32.2. The van der Waals surface area contributed by atoms with Crippen molar-refractivity contribution in [3.63, 3.8) is 0 Å². The van der Waals surface area contributed by atoms with Crippen molar-refractivity contribution in [1.29, 1.82) is 0 Å². The lowest BCUT2D eigenvalue weighted by molar-refractivity contribution is -0.385. The Morgan fingerprint density at radius 1 is 0.945 bits per heavy atom. The number of para-hydroxylation sites is 1. The van der Waals surface area contributed by atoms with Gasteiger partial charge < -0.3 is 20.7 Å². The summed E-state index contributed by atoms with van der Waals surface area (Å²) in [5.41, 5.74) is 2.95. The Hall–Kier alpha value is -6.05. The van der Waals surface area contributed by atoms with Gasteiger partial charge in [-0.3, -0.25) is 24.5 Å². The van der Waals surface area contributed by atoms with E-state index < -0.39 is 28.0 Å². The fourth-order valence-electron chi connectivity index (χ4n) is 6.40. The molecule has 1 heterocycles. The van der Waals surface area contributed by atoms with Crippen molar-refractivity contribution in [3.8, 4) is 0 Å². The Kier molecular flexibility index (Phi) is 12.5. The first-order valence-electron chi connectivity index (χ1n) is 17.6. The first-order chi connectivity index (χ1) is 26.6. The number of hydrogen-bond acceptors (Lipinski definition) is 9. The van der Waals surface area contributed by atoms with Gasteiger partial charge in [-0.1, -0.05) is 73.7 Å². The van der Waals surface area contributed by atoms with Crippen molar-refractivity contribution in [3.05, 3.63) is 158 Å². The molecular formula is C42H38N4O7S2. The van der Waals surface area contributed by atoms with Crippen LogP contribution in [0.5, 0.6) is 0 Å². The molecular weight excluding hydrogens is 737 g/mol. The fraction of sp³-hybridized carbons (Fsp3) is 0.190. The van der Waals surface area contributed by atoms with E-state index in [-0.39, 0.29) is 22.9 Å². The van der Waals surface area contributed by atoms with E-state index >= 15 is 0 Å². The van der Waals surface area contributed by atoms with Crippen molar-refractivity contribution in [1.82, 2.24) is 5.32 Å². The van der Waals surface area contributed by atoms with Crippen LogP contribution < -0.4 is 16.0 Å². The molecule has 1 aromatic heterocycles. The molecule has 0 bridgehead atoms. The second kappa shape index (κ2) is 17.9. The third-order valence-corrected chi connectivity index (χ3v) is 11.7. The molecule has 4 aromatic carbocycles. The highest BCUT2D eigenvalue weighted by Gasteiger charge is 2.32. The lowest BCUT2D eigenvalue weighted by Gasteiger charge is -2.22. The third-order valence-electron chi connectivity index (χ3n) is 9.16. The standard InChI is InChI=1S/C42H38N4O7S2/c1-3-35(40(49)45-41-37(42(50)53-2)32-22-21-28(24-36(32)55-41)26-13-6-4-7-14-26)54-31-19-12-18-30(25-31)43-39(48)33(44-38(47)27-15-8-5-9-16-27)23-29-17-10-11-20-34(29)46(51)52/h4-20,23,25,28,35H,3,21-22,24H2,1-2H3,(H,43,48)(H,44,47)(H,45,49)/b33-23+. The largest absolute Gasteiger partial charge is 0.465 e. The molecule has 13 heteroatoms. The molecule has 11 nitrogen and oxygen atoms in total. The molecule has 3 N–H and O–H groups in total. The maximum absolute atomic E-state index is 13.8. The highest BCUT2D eigenvalue weighted by molar-refractivity contribution is 8.00. The van der Waals surface area contributed by atoms with Crippen LogP contribution in [-0.4, -0.2) is 41.0 Å². The van der Waals surface area contributed by atoms with E-state index in [9.17, 15) is 29.3 Å². The minimum Gasteiger partial charge on any atom is -0.465 e. The molecule has 2 unspecified atom stereocenters. The van der Waals surface area contributed by atoms with Gasteiger partial charge in [-0.25, -0.2) is 4.79 Å². The molecule has 5 aromatic rings. The summed E-state index contributed by atoms with van der Waals surface area (Å²) in [4.78, 5) is 66.5. The van der Waals surface area contributed by atoms with E-state index in [1.807, 2.05) is 31.2 Å². The summed E-state index contributed by atoms with van der Waals surface area (Å²) in [5, 5.41) is 20.1. The lowest BCUT2D eigenvalue weighted by Crippen LogP contribution is -2.30. The number of methoxy groups -OCH3 is 1. The lowest BCUT2D eigenvalue weighted by atomic mass is 9.83. The number of esters is 1. The summed E-state index contributed by atoms with van der Waals surface area (Å²) >= 11 is 2.72. The Labute approximate surface area is 326 Å². The normalized spacial score (nSPS) is 14.2. The van der Waals surface area contributed by atoms with E-state index in [0.29, 0.717) is 45.5 Å². The monoisotopic (exact) mass is 774 g/mol. The number of thiophene rings is 1. The van der Waals surface area contributed by atoms with Crippen LogP contribution >= 0.6 is 23.1 Å². The predicted molar refractivity (Wildman–Crippen MR) is 215 cm³/mol. The van der Waals surface area contributed by atoms with Gasteiger partial charge in [0, 0.05) is 27.1 Å². The van der Waals surface area contributed by atoms with E-state index in [4.69, 9.17) is 4.74 Å². The number of nitro groups is 1. The molecule has 3 amide bonds. The van der Waals surface area contributed by atoms with Crippen LogP contribution in [0.3, 0.4) is 0 Å². The average Bonchev–Trinajstić information content (AvgIpc) is 3.57. The number of nitrogens with one attached hydrogen (secondary N) is 3. The van der Waals surface area contributed by atoms with Gasteiger partial charge in [-0.05, 0) is 85.2 Å². The summed E-state index contributed by atoms with van der Waals surface area (Å²) in [6.07, 6.45) is 4.08. The second-order valence-corrected chi connectivity index (χ2v) is 15.1. The average molecular weight is 775 g/mol. The van der Waals surface area contributed by atoms with Crippen molar-refractivity contribution in [2.45, 2.75) is 48.7 Å². The number of hydrogen-bond donors (Lipinski definition) is 3. The number of ether oxygens (including phenoxy) is 1. The first-order valence-corrected chi connectivity index (χ1v) is 19.3. The van der Waals surface area contributed by atoms with Crippen molar-refractivity contribution < 1.29 is 28.8 Å². The zero-order valence-electron chi connectivity index (χ0n) is 30.1. The number of anilines is 2. The van der Waals surface area contributed by atoms with Gasteiger partial charge in [-0.2, -0.15) is 0 Å². The van der Waals surface area contributed by atoms with E-state index in [1.165, 1.54) is 60.0 Å². The first kappa shape index (κ1) is 38.7. The Morgan fingerprint density at radius 2 is 1.65 bits per heavy atom. The maximum Gasteiger partial charge on any atom is 0.341 e. The molecule has 2 atom stereocenters. The maximum atomic E-state index is 13.8. The summed E-state index contributed by atoms with van der Waals surface area (Å²) in [6.45, 7) is 1.89. The summed E-state index contributed by atoms with van der Waals surface area (Å²) in [5.74, 6) is -1.72. The number of fused-ring (bicyclic) bond motifs is 1. The van der Waals surface area contributed by atoms with Crippen LogP contribution in [0.1, 0.15) is 68.0 Å². The van der Waals surface area contributed by atoms with Gasteiger partial charge in [-0.15, -0.1) is 23.1 Å². The number of carbonyl (C=O) groups is 4. The summed E-state index contributed by atoms with van der Waals surface area (Å²) in [6, 6.07) is 31.4. The van der Waals surface area contributed by atoms with Crippen molar-refractivity contribution in [2.24, 2.45) is 0 Å². The van der Waals surface area contributed by atoms with E-state index in [2.05, 4.69) is 28.1 Å². The minimum atomic E-state index is -0.708. The zero-order valence-corrected chi connectivity index (χ0v) is 31.7. The minimum absolute atomic E-state index is 0.130. The van der Waals surface area contributed by atoms with Gasteiger partial charge in [0.2, 0.25) is 5.91 Å². The van der Waals surface area contributed by atoms with E-state index in [0.717, 1.165) is 23.3 Å². The summed E-state index contributed by atoms with van der Waals surface area (Å²) in [7, 11) is 1.34. The topological polar surface area (TPSA) is 157 Å². The van der Waals surface area contributed by atoms with Crippen LogP contribution in [0.25, 0.3) is 6.08 Å². The van der Waals surface area contributed by atoms with Crippen LogP contribution in [0, 0.1) is 10.1 Å². The SMILES string of the molecule is CCC(Sc1cccc(NC(=O)/C(=C\c2ccccc2[N+](=O)[O-])NC(=O)c2ccccc2)c1)C(=O)Nc1sc2c(c1C(=O)OC)CCC(c1ccccc1)C2. The Bertz CT molecular complexity index is 2260. The number of nitrogens with zero attached hydrogens (tertiary/aromatic N) is 1.